The lowest BCUT2D eigenvalue weighted by molar-refractivity contribution is -0.140. The molecule has 1 fully saturated rings. The summed E-state index contributed by atoms with van der Waals surface area (Å²) in [7, 11) is -2.01. The second-order valence-corrected chi connectivity index (χ2v) is 6.48. The molecule has 6 nitrogen and oxygen atoms in total. The van der Waals surface area contributed by atoms with Crippen molar-refractivity contribution in [3.05, 3.63) is 0 Å². The standard InChI is InChI=1S/C11H21NO5S/c1-3-18(14,15)12(7-6-11(13)16-2)9-10-5-4-8-17-10/h10H,3-9H2,1-2H3. The molecule has 1 atom stereocenters. The van der Waals surface area contributed by atoms with Crippen molar-refractivity contribution in [1.82, 2.24) is 4.31 Å². The Bertz CT molecular complexity index is 362. The van der Waals surface area contributed by atoms with Crippen LogP contribution in [0.15, 0.2) is 0 Å². The summed E-state index contributed by atoms with van der Waals surface area (Å²) >= 11 is 0. The van der Waals surface area contributed by atoms with E-state index in [-0.39, 0.29) is 24.8 Å². The van der Waals surface area contributed by atoms with Crippen LogP contribution in [0, 0.1) is 0 Å². The number of methoxy groups -OCH3 is 1. The van der Waals surface area contributed by atoms with Crippen LogP contribution in [-0.4, -0.2) is 57.4 Å². The van der Waals surface area contributed by atoms with Crippen LogP contribution in [0.1, 0.15) is 26.2 Å². The molecule has 7 heteroatoms. The summed E-state index contributed by atoms with van der Waals surface area (Å²) in [6.45, 7) is 2.76. The molecular weight excluding hydrogens is 258 g/mol. The number of hydrogen-bond donors (Lipinski definition) is 0. The van der Waals surface area contributed by atoms with E-state index in [0.717, 1.165) is 12.8 Å². The minimum atomic E-state index is -3.31. The third-order valence-electron chi connectivity index (χ3n) is 2.98. The number of carbonyl (C=O) groups excluding carboxylic acids is 1. The van der Waals surface area contributed by atoms with Crippen molar-refractivity contribution in [2.24, 2.45) is 0 Å². The van der Waals surface area contributed by atoms with Crippen molar-refractivity contribution < 1.29 is 22.7 Å². The van der Waals surface area contributed by atoms with Gasteiger partial charge in [-0.2, -0.15) is 4.31 Å². The number of esters is 1. The Balaban J connectivity index is 2.59. The van der Waals surface area contributed by atoms with Crippen molar-refractivity contribution in [3.63, 3.8) is 0 Å². The summed E-state index contributed by atoms with van der Waals surface area (Å²) in [6, 6.07) is 0. The average molecular weight is 279 g/mol. The van der Waals surface area contributed by atoms with Gasteiger partial charge in [0.25, 0.3) is 0 Å². The van der Waals surface area contributed by atoms with Crippen molar-refractivity contribution in [3.8, 4) is 0 Å². The van der Waals surface area contributed by atoms with Crippen LogP contribution in [0.25, 0.3) is 0 Å². The molecule has 1 aliphatic rings. The largest absolute Gasteiger partial charge is 0.469 e. The normalized spacial score (nSPS) is 20.3. The second kappa shape index (κ2) is 7.06. The fourth-order valence-electron chi connectivity index (χ4n) is 1.86. The van der Waals surface area contributed by atoms with E-state index in [9.17, 15) is 13.2 Å². The SMILES string of the molecule is CCS(=O)(=O)N(CCC(=O)OC)CC1CCCO1. The van der Waals surface area contributed by atoms with E-state index < -0.39 is 16.0 Å². The average Bonchev–Trinajstić information content (AvgIpc) is 2.86. The zero-order valence-corrected chi connectivity index (χ0v) is 11.7. The van der Waals surface area contributed by atoms with Crippen LogP contribution in [0.2, 0.25) is 0 Å². The number of ether oxygens (including phenoxy) is 2. The predicted octanol–water partition coefficient (Wildman–Crippen LogP) is 0.380. The number of rotatable bonds is 7. The second-order valence-electron chi connectivity index (χ2n) is 4.22. The molecule has 0 aromatic carbocycles. The molecule has 0 saturated carbocycles. The van der Waals surface area contributed by atoms with E-state index in [4.69, 9.17) is 4.74 Å². The van der Waals surface area contributed by atoms with Crippen LogP contribution in [0.5, 0.6) is 0 Å². The molecule has 0 spiro atoms. The van der Waals surface area contributed by atoms with Crippen LogP contribution < -0.4 is 0 Å². The van der Waals surface area contributed by atoms with Gasteiger partial charge in [-0.1, -0.05) is 0 Å². The first-order chi connectivity index (χ1) is 8.49. The molecule has 0 radical (unpaired) electrons. The number of hydrogen-bond acceptors (Lipinski definition) is 5. The van der Waals surface area contributed by atoms with Gasteiger partial charge in [-0.05, 0) is 19.8 Å². The molecule has 1 aliphatic heterocycles. The van der Waals surface area contributed by atoms with Gasteiger partial charge in [0, 0.05) is 19.7 Å². The summed E-state index contributed by atoms with van der Waals surface area (Å²) in [6.07, 6.45) is 1.85. The Hall–Kier alpha value is -0.660. The molecule has 0 aromatic heterocycles. The lowest BCUT2D eigenvalue weighted by Crippen LogP contribution is -2.39. The van der Waals surface area contributed by atoms with Gasteiger partial charge >= 0.3 is 5.97 Å². The monoisotopic (exact) mass is 279 g/mol. The van der Waals surface area contributed by atoms with Crippen molar-refractivity contribution in [2.75, 3.05) is 32.6 Å². The first-order valence-corrected chi connectivity index (χ1v) is 7.76. The highest BCUT2D eigenvalue weighted by Gasteiger charge is 2.26. The first-order valence-electron chi connectivity index (χ1n) is 6.16. The Morgan fingerprint density at radius 3 is 2.72 bits per heavy atom. The molecule has 1 unspecified atom stereocenters. The van der Waals surface area contributed by atoms with Gasteiger partial charge in [-0.3, -0.25) is 4.79 Å². The molecule has 1 rings (SSSR count). The van der Waals surface area contributed by atoms with Gasteiger partial charge < -0.3 is 9.47 Å². The molecule has 106 valence electrons. The van der Waals surface area contributed by atoms with Crippen molar-refractivity contribution >= 4 is 16.0 Å². The smallest absolute Gasteiger partial charge is 0.306 e. The third kappa shape index (κ3) is 4.55. The Morgan fingerprint density at radius 1 is 1.50 bits per heavy atom. The maximum Gasteiger partial charge on any atom is 0.306 e. The molecule has 0 bridgehead atoms. The zero-order chi connectivity index (χ0) is 13.6. The quantitative estimate of drug-likeness (QED) is 0.630. The van der Waals surface area contributed by atoms with Crippen LogP contribution >= 0.6 is 0 Å². The third-order valence-corrected chi connectivity index (χ3v) is 4.83. The van der Waals surface area contributed by atoms with Crippen molar-refractivity contribution in [1.29, 1.82) is 0 Å². The lowest BCUT2D eigenvalue weighted by Gasteiger charge is -2.23. The summed E-state index contributed by atoms with van der Waals surface area (Å²) in [5.74, 6) is -0.375. The van der Waals surface area contributed by atoms with Gasteiger partial charge in [0.05, 0.1) is 25.4 Å². The Labute approximate surface area is 108 Å². The van der Waals surface area contributed by atoms with Crippen molar-refractivity contribution in [2.45, 2.75) is 32.3 Å². The minimum absolute atomic E-state index is 0.0287. The van der Waals surface area contributed by atoms with Crippen LogP contribution in [-0.2, 0) is 24.3 Å². The first kappa shape index (κ1) is 15.4. The fourth-order valence-corrected chi connectivity index (χ4v) is 2.99. The Kier molecular flexibility index (Phi) is 6.04. The minimum Gasteiger partial charge on any atom is -0.469 e. The van der Waals surface area contributed by atoms with E-state index >= 15 is 0 Å². The highest BCUT2D eigenvalue weighted by Crippen LogP contribution is 2.15. The van der Waals surface area contributed by atoms with Crippen LogP contribution in [0.4, 0.5) is 0 Å². The highest BCUT2D eigenvalue weighted by atomic mass is 32.2. The summed E-state index contributed by atoms with van der Waals surface area (Å²) in [4.78, 5) is 11.1. The summed E-state index contributed by atoms with van der Waals surface area (Å²) < 4.78 is 35.1. The van der Waals surface area contributed by atoms with E-state index in [2.05, 4.69) is 4.74 Å². The maximum atomic E-state index is 11.9. The summed E-state index contributed by atoms with van der Waals surface area (Å²) in [5.41, 5.74) is 0. The summed E-state index contributed by atoms with van der Waals surface area (Å²) in [5, 5.41) is 0. The van der Waals surface area contributed by atoms with Gasteiger partial charge in [0.1, 0.15) is 0 Å². The topological polar surface area (TPSA) is 72.9 Å². The molecule has 1 heterocycles. The molecule has 1 saturated heterocycles. The van der Waals surface area contributed by atoms with Gasteiger partial charge in [-0.25, -0.2) is 8.42 Å². The molecule has 0 amide bonds. The molecule has 0 N–H and O–H groups in total. The molecule has 18 heavy (non-hydrogen) atoms. The predicted molar refractivity (Wildman–Crippen MR) is 66.6 cm³/mol. The van der Waals surface area contributed by atoms with E-state index in [1.165, 1.54) is 11.4 Å². The van der Waals surface area contributed by atoms with E-state index in [0.29, 0.717) is 13.2 Å². The number of carbonyl (C=O) groups is 1. The molecule has 0 aromatic rings. The lowest BCUT2D eigenvalue weighted by atomic mass is 10.2. The Morgan fingerprint density at radius 2 is 2.22 bits per heavy atom. The van der Waals surface area contributed by atoms with Gasteiger partial charge in [-0.15, -0.1) is 0 Å². The highest BCUT2D eigenvalue weighted by molar-refractivity contribution is 7.89. The van der Waals surface area contributed by atoms with E-state index in [1.54, 1.807) is 6.92 Å². The van der Waals surface area contributed by atoms with E-state index in [1.807, 2.05) is 0 Å². The van der Waals surface area contributed by atoms with Crippen LogP contribution in [0.3, 0.4) is 0 Å². The zero-order valence-electron chi connectivity index (χ0n) is 10.9. The molecule has 0 aliphatic carbocycles. The van der Waals surface area contributed by atoms with Gasteiger partial charge in [0.15, 0.2) is 0 Å². The molecular formula is C11H21NO5S. The number of nitrogens with zero attached hydrogens (tertiary/aromatic N) is 1. The fraction of sp³-hybridized carbons (Fsp3) is 0.909. The maximum absolute atomic E-state index is 11.9. The number of sulfonamides is 1. The van der Waals surface area contributed by atoms with Gasteiger partial charge in [0.2, 0.25) is 10.0 Å².